The Hall–Kier alpha value is -3.63. The predicted octanol–water partition coefficient (Wildman–Crippen LogP) is 2.61. The van der Waals surface area contributed by atoms with E-state index >= 15 is 0 Å². The fraction of sp³-hybridized carbons (Fsp3) is 0.217. The van der Waals surface area contributed by atoms with Crippen molar-refractivity contribution in [2.75, 3.05) is 6.54 Å². The van der Waals surface area contributed by atoms with Gasteiger partial charge < -0.3 is 9.15 Å². The van der Waals surface area contributed by atoms with Gasteiger partial charge in [-0.1, -0.05) is 35.9 Å². The third-order valence-corrected chi connectivity index (χ3v) is 6.21. The van der Waals surface area contributed by atoms with E-state index in [1.807, 2.05) is 25.1 Å². The van der Waals surface area contributed by atoms with Gasteiger partial charge in [0, 0.05) is 13.0 Å². The molecule has 9 nitrogen and oxygen atoms in total. The highest BCUT2D eigenvalue weighted by Gasteiger charge is 2.17. The Labute approximate surface area is 192 Å². The van der Waals surface area contributed by atoms with E-state index in [1.54, 1.807) is 37.3 Å². The maximum atomic E-state index is 12.4. The summed E-state index contributed by atoms with van der Waals surface area (Å²) in [5, 5.41) is 0. The summed E-state index contributed by atoms with van der Waals surface area (Å²) >= 11 is 0. The number of amides is 2. The molecule has 0 radical (unpaired) electrons. The van der Waals surface area contributed by atoms with Crippen molar-refractivity contribution in [2.24, 2.45) is 0 Å². The lowest BCUT2D eigenvalue weighted by molar-refractivity contribution is -0.121. The van der Waals surface area contributed by atoms with Crippen molar-refractivity contribution in [2.45, 2.75) is 31.8 Å². The zero-order chi connectivity index (χ0) is 23.8. The van der Waals surface area contributed by atoms with E-state index < -0.39 is 21.8 Å². The molecule has 10 heteroatoms. The molecule has 2 aromatic carbocycles. The number of hydrogen-bond donors (Lipinski definition) is 3. The average molecular weight is 472 g/mol. The molecule has 2 amide bonds. The summed E-state index contributed by atoms with van der Waals surface area (Å²) in [6, 6.07) is 17.2. The lowest BCUT2D eigenvalue weighted by atomic mass is 10.2. The molecule has 0 aliphatic carbocycles. The molecule has 0 saturated heterocycles. The van der Waals surface area contributed by atoms with Gasteiger partial charge in [-0.25, -0.2) is 13.1 Å². The van der Waals surface area contributed by atoms with Crippen molar-refractivity contribution in [3.63, 3.8) is 0 Å². The summed E-state index contributed by atoms with van der Waals surface area (Å²) in [5.41, 5.74) is 6.03. The molecule has 1 aromatic heterocycles. The third kappa shape index (κ3) is 6.93. The second-order valence-electron chi connectivity index (χ2n) is 7.29. The Kier molecular flexibility index (Phi) is 7.86. The van der Waals surface area contributed by atoms with Crippen molar-refractivity contribution in [1.82, 2.24) is 15.6 Å². The minimum absolute atomic E-state index is 0.00230. The van der Waals surface area contributed by atoms with Crippen molar-refractivity contribution >= 4 is 21.8 Å². The number of rotatable bonds is 9. The zero-order valence-electron chi connectivity index (χ0n) is 18.3. The van der Waals surface area contributed by atoms with Gasteiger partial charge in [0.2, 0.25) is 15.9 Å². The quantitative estimate of drug-likeness (QED) is 0.412. The zero-order valence-corrected chi connectivity index (χ0v) is 19.1. The van der Waals surface area contributed by atoms with Crippen LogP contribution >= 0.6 is 0 Å². The fourth-order valence-corrected chi connectivity index (χ4v) is 4.23. The SMILES string of the molecule is Cc1ccc(S(=O)(=O)NCCC(=O)NNC(=O)c2ccc(COc3ccccc3)o2)c(C)c1. The minimum Gasteiger partial charge on any atom is -0.486 e. The van der Waals surface area contributed by atoms with Crippen molar-refractivity contribution in [1.29, 1.82) is 0 Å². The summed E-state index contributed by atoms with van der Waals surface area (Å²) in [5.74, 6) is -0.106. The van der Waals surface area contributed by atoms with E-state index in [0.717, 1.165) is 5.56 Å². The molecule has 1 heterocycles. The summed E-state index contributed by atoms with van der Waals surface area (Å²) in [4.78, 5) is 24.3. The molecule has 3 rings (SSSR count). The summed E-state index contributed by atoms with van der Waals surface area (Å²) in [7, 11) is -3.74. The number of ether oxygens (including phenoxy) is 1. The molecule has 0 aliphatic rings. The maximum Gasteiger partial charge on any atom is 0.305 e. The van der Waals surface area contributed by atoms with Gasteiger partial charge in [-0.2, -0.15) is 0 Å². The van der Waals surface area contributed by atoms with Crippen molar-refractivity contribution in [3.05, 3.63) is 83.3 Å². The largest absolute Gasteiger partial charge is 0.486 e. The van der Waals surface area contributed by atoms with Crippen LogP contribution in [-0.2, 0) is 21.4 Å². The van der Waals surface area contributed by atoms with Crippen LogP contribution in [-0.4, -0.2) is 26.8 Å². The van der Waals surface area contributed by atoms with E-state index in [2.05, 4.69) is 15.6 Å². The molecule has 0 atom stereocenters. The molecule has 0 unspecified atom stereocenters. The van der Waals surface area contributed by atoms with Crippen LogP contribution in [0.2, 0.25) is 0 Å². The van der Waals surface area contributed by atoms with Crippen LogP contribution in [0.25, 0.3) is 0 Å². The standard InChI is InChI=1S/C23H25N3O6S/c1-16-8-11-21(17(2)14-16)33(29,30)24-13-12-22(27)25-26-23(28)20-10-9-19(32-20)15-31-18-6-4-3-5-7-18/h3-11,14,24H,12-13,15H2,1-2H3,(H,25,27)(H,26,28). The molecule has 174 valence electrons. The molecule has 3 aromatic rings. The minimum atomic E-state index is -3.74. The lowest BCUT2D eigenvalue weighted by Crippen LogP contribution is -2.42. The Morgan fingerprint density at radius 1 is 0.970 bits per heavy atom. The van der Waals surface area contributed by atoms with Gasteiger partial charge in [0.1, 0.15) is 18.1 Å². The topological polar surface area (TPSA) is 127 Å². The first-order chi connectivity index (χ1) is 15.7. The number of aryl methyl sites for hydroxylation is 2. The maximum absolute atomic E-state index is 12.4. The molecule has 0 fully saturated rings. The number of nitrogens with one attached hydrogen (secondary N) is 3. The number of hydrazine groups is 1. The number of furan rings is 1. The Morgan fingerprint density at radius 3 is 2.45 bits per heavy atom. The first-order valence-electron chi connectivity index (χ1n) is 10.2. The predicted molar refractivity (Wildman–Crippen MR) is 121 cm³/mol. The number of hydrogen-bond acceptors (Lipinski definition) is 6. The van der Waals surface area contributed by atoms with Crippen molar-refractivity contribution < 1.29 is 27.2 Å². The van der Waals surface area contributed by atoms with Gasteiger partial charge in [-0.3, -0.25) is 20.4 Å². The lowest BCUT2D eigenvalue weighted by Gasteiger charge is -2.10. The molecule has 0 aliphatic heterocycles. The number of carbonyl (C=O) groups is 2. The Bertz CT molecular complexity index is 1220. The van der Waals surface area contributed by atoms with Crippen LogP contribution < -0.4 is 20.3 Å². The van der Waals surface area contributed by atoms with Crippen LogP contribution in [0, 0.1) is 13.8 Å². The normalized spacial score (nSPS) is 11.1. The third-order valence-electron chi connectivity index (χ3n) is 4.59. The van der Waals surface area contributed by atoms with E-state index in [-0.39, 0.29) is 30.2 Å². The van der Waals surface area contributed by atoms with E-state index in [9.17, 15) is 18.0 Å². The Balaban J connectivity index is 1.41. The smallest absolute Gasteiger partial charge is 0.305 e. The van der Waals surface area contributed by atoms with Crippen LogP contribution in [0.5, 0.6) is 5.75 Å². The first-order valence-corrected chi connectivity index (χ1v) is 11.7. The summed E-state index contributed by atoms with van der Waals surface area (Å²) in [6.07, 6.45) is -0.168. The van der Waals surface area contributed by atoms with Crippen LogP contribution in [0.1, 0.15) is 33.9 Å². The number of carbonyl (C=O) groups excluding carboxylic acids is 2. The van der Waals surface area contributed by atoms with Crippen molar-refractivity contribution in [3.8, 4) is 5.75 Å². The molecular weight excluding hydrogens is 446 g/mol. The number of sulfonamides is 1. The molecular formula is C23H25N3O6S. The van der Waals surface area contributed by atoms with Gasteiger partial charge >= 0.3 is 5.91 Å². The molecule has 0 saturated carbocycles. The van der Waals surface area contributed by atoms with Gasteiger partial charge in [0.25, 0.3) is 0 Å². The van der Waals surface area contributed by atoms with Crippen LogP contribution in [0.3, 0.4) is 0 Å². The first kappa shape index (κ1) is 24.0. The Morgan fingerprint density at radius 2 is 1.73 bits per heavy atom. The van der Waals surface area contributed by atoms with Gasteiger partial charge in [0.15, 0.2) is 5.76 Å². The second kappa shape index (κ2) is 10.8. The fourth-order valence-electron chi connectivity index (χ4n) is 2.98. The molecule has 0 spiro atoms. The highest BCUT2D eigenvalue weighted by atomic mass is 32.2. The number of benzene rings is 2. The highest BCUT2D eigenvalue weighted by Crippen LogP contribution is 2.16. The summed E-state index contributed by atoms with van der Waals surface area (Å²) < 4.78 is 38.2. The van der Waals surface area contributed by atoms with Crippen LogP contribution in [0.15, 0.2) is 70.0 Å². The van der Waals surface area contributed by atoms with Gasteiger partial charge in [0.05, 0.1) is 4.90 Å². The average Bonchev–Trinajstić information content (AvgIpc) is 3.25. The monoisotopic (exact) mass is 471 g/mol. The second-order valence-corrected chi connectivity index (χ2v) is 9.02. The highest BCUT2D eigenvalue weighted by molar-refractivity contribution is 7.89. The van der Waals surface area contributed by atoms with E-state index in [4.69, 9.17) is 9.15 Å². The summed E-state index contributed by atoms with van der Waals surface area (Å²) in [6.45, 7) is 3.60. The molecule has 33 heavy (non-hydrogen) atoms. The van der Waals surface area contributed by atoms with Gasteiger partial charge in [-0.05, 0) is 49.7 Å². The number of para-hydroxylation sites is 1. The van der Waals surface area contributed by atoms with E-state index in [0.29, 0.717) is 17.1 Å². The van der Waals surface area contributed by atoms with Gasteiger partial charge in [-0.15, -0.1) is 0 Å². The molecule has 3 N–H and O–H groups in total. The molecule has 0 bridgehead atoms. The van der Waals surface area contributed by atoms with Crippen LogP contribution in [0.4, 0.5) is 0 Å². The van der Waals surface area contributed by atoms with E-state index in [1.165, 1.54) is 12.1 Å².